The van der Waals surface area contributed by atoms with Gasteiger partial charge in [-0.15, -0.1) is 0 Å². The molecule has 0 fully saturated rings. The van der Waals surface area contributed by atoms with Crippen LogP contribution in [0.5, 0.6) is 5.75 Å². The van der Waals surface area contributed by atoms with Gasteiger partial charge in [0.2, 0.25) is 0 Å². The summed E-state index contributed by atoms with van der Waals surface area (Å²) in [6.45, 7) is 0.701. The van der Waals surface area contributed by atoms with E-state index in [4.69, 9.17) is 15.7 Å². The van der Waals surface area contributed by atoms with E-state index in [2.05, 4.69) is 5.10 Å². The Balaban J connectivity index is 2.22. The molecule has 1 aromatic carbocycles. The zero-order chi connectivity index (χ0) is 15.2. The van der Waals surface area contributed by atoms with Crippen molar-refractivity contribution in [3.63, 3.8) is 0 Å². The highest BCUT2D eigenvalue weighted by molar-refractivity contribution is 5.33. The maximum Gasteiger partial charge on any atom is 0.270 e. The second-order valence-corrected chi connectivity index (χ2v) is 4.28. The molecule has 0 amide bonds. The highest BCUT2D eigenvalue weighted by Crippen LogP contribution is 2.10. The van der Waals surface area contributed by atoms with Gasteiger partial charge in [-0.2, -0.15) is 10.4 Å². The normalized spacial score (nSPS) is 10.1. The van der Waals surface area contributed by atoms with Crippen molar-refractivity contribution in [1.29, 1.82) is 5.26 Å². The summed E-state index contributed by atoms with van der Waals surface area (Å²) in [5, 5.41) is 12.7. The SMILES string of the molecule is N#Cc1cc(F)cc(Cn2ncc(OCCN)cc2=O)c1. The standard InChI is InChI=1S/C14H13FN4O2/c15-12-4-10(7-17)3-11(5-12)9-19-14(20)6-13(8-18-19)21-2-1-16/h3-6,8H,1-2,9,16H2. The van der Waals surface area contributed by atoms with E-state index >= 15 is 0 Å². The van der Waals surface area contributed by atoms with E-state index in [9.17, 15) is 9.18 Å². The molecule has 2 N–H and O–H groups in total. The lowest BCUT2D eigenvalue weighted by atomic mass is 10.1. The highest BCUT2D eigenvalue weighted by Gasteiger charge is 2.05. The van der Waals surface area contributed by atoms with E-state index in [0.717, 1.165) is 10.7 Å². The van der Waals surface area contributed by atoms with Crippen LogP contribution in [0.3, 0.4) is 0 Å². The highest BCUT2D eigenvalue weighted by atomic mass is 19.1. The first kappa shape index (κ1) is 14.7. The number of benzene rings is 1. The largest absolute Gasteiger partial charge is 0.490 e. The first-order valence-electron chi connectivity index (χ1n) is 6.22. The minimum absolute atomic E-state index is 0.0719. The molecule has 2 rings (SSSR count). The molecular weight excluding hydrogens is 275 g/mol. The maximum atomic E-state index is 13.3. The average molecular weight is 288 g/mol. The Hall–Kier alpha value is -2.72. The van der Waals surface area contributed by atoms with Crippen LogP contribution in [-0.4, -0.2) is 22.9 Å². The van der Waals surface area contributed by atoms with Crippen molar-refractivity contribution in [2.24, 2.45) is 5.73 Å². The second-order valence-electron chi connectivity index (χ2n) is 4.28. The third-order valence-corrected chi connectivity index (χ3v) is 2.65. The number of rotatable bonds is 5. The Morgan fingerprint density at radius 2 is 2.19 bits per heavy atom. The van der Waals surface area contributed by atoms with Gasteiger partial charge < -0.3 is 10.5 Å². The Labute approximate surface area is 120 Å². The van der Waals surface area contributed by atoms with E-state index < -0.39 is 5.82 Å². The predicted molar refractivity (Wildman–Crippen MR) is 73.3 cm³/mol. The number of ether oxygens (including phenoxy) is 1. The van der Waals surface area contributed by atoms with E-state index in [1.165, 1.54) is 24.4 Å². The van der Waals surface area contributed by atoms with Gasteiger partial charge in [-0.3, -0.25) is 4.79 Å². The summed E-state index contributed by atoms with van der Waals surface area (Å²) in [4.78, 5) is 11.9. The summed E-state index contributed by atoms with van der Waals surface area (Å²) >= 11 is 0. The summed E-state index contributed by atoms with van der Waals surface area (Å²) in [5.74, 6) is -0.196. The first-order valence-corrected chi connectivity index (χ1v) is 6.22. The fraction of sp³-hybridized carbons (Fsp3) is 0.214. The Bertz CT molecular complexity index is 736. The first-order chi connectivity index (χ1) is 10.1. The van der Waals surface area contributed by atoms with E-state index in [-0.39, 0.29) is 17.7 Å². The van der Waals surface area contributed by atoms with Crippen LogP contribution in [-0.2, 0) is 6.54 Å². The van der Waals surface area contributed by atoms with Gasteiger partial charge in [-0.1, -0.05) is 0 Å². The minimum atomic E-state index is -0.528. The molecule has 0 spiro atoms. The van der Waals surface area contributed by atoms with Crippen LogP contribution in [0, 0.1) is 17.1 Å². The molecule has 2 aromatic rings. The zero-order valence-corrected chi connectivity index (χ0v) is 11.1. The smallest absolute Gasteiger partial charge is 0.270 e. The molecule has 21 heavy (non-hydrogen) atoms. The monoisotopic (exact) mass is 288 g/mol. The van der Waals surface area contributed by atoms with Crippen molar-refractivity contribution in [2.45, 2.75) is 6.54 Å². The van der Waals surface area contributed by atoms with Crippen LogP contribution in [0.2, 0.25) is 0 Å². The lowest BCUT2D eigenvalue weighted by molar-refractivity contribution is 0.324. The number of hydrogen-bond donors (Lipinski definition) is 1. The second kappa shape index (κ2) is 6.63. The van der Waals surface area contributed by atoms with Crippen molar-refractivity contribution < 1.29 is 9.13 Å². The fourth-order valence-corrected chi connectivity index (χ4v) is 1.77. The van der Waals surface area contributed by atoms with Gasteiger partial charge in [0.1, 0.15) is 18.2 Å². The molecular formula is C14H13FN4O2. The molecule has 108 valence electrons. The van der Waals surface area contributed by atoms with Gasteiger partial charge in [-0.25, -0.2) is 9.07 Å². The van der Waals surface area contributed by atoms with E-state index in [1.807, 2.05) is 6.07 Å². The summed E-state index contributed by atoms with van der Waals surface area (Å²) < 4.78 is 19.7. The van der Waals surface area contributed by atoms with Crippen LogP contribution < -0.4 is 16.0 Å². The van der Waals surface area contributed by atoms with Gasteiger partial charge in [0.15, 0.2) is 0 Å². The van der Waals surface area contributed by atoms with Gasteiger partial charge in [0.25, 0.3) is 5.56 Å². The minimum Gasteiger partial charge on any atom is -0.490 e. The lowest BCUT2D eigenvalue weighted by Crippen LogP contribution is -2.23. The molecule has 7 heteroatoms. The summed E-state index contributed by atoms with van der Waals surface area (Å²) in [7, 11) is 0. The van der Waals surface area contributed by atoms with Gasteiger partial charge in [0, 0.05) is 12.6 Å². The molecule has 0 aliphatic rings. The molecule has 6 nitrogen and oxygen atoms in total. The number of nitrogens with zero attached hydrogens (tertiary/aromatic N) is 3. The van der Waals surface area contributed by atoms with Crippen LogP contribution in [0.15, 0.2) is 35.3 Å². The lowest BCUT2D eigenvalue weighted by Gasteiger charge is -2.07. The number of halogens is 1. The van der Waals surface area contributed by atoms with E-state index in [1.54, 1.807) is 0 Å². The quantitative estimate of drug-likeness (QED) is 0.871. The van der Waals surface area contributed by atoms with Gasteiger partial charge in [-0.05, 0) is 23.8 Å². The number of hydrogen-bond acceptors (Lipinski definition) is 5. The Morgan fingerprint density at radius 1 is 1.38 bits per heavy atom. The Morgan fingerprint density at radius 3 is 2.86 bits per heavy atom. The molecule has 0 saturated carbocycles. The average Bonchev–Trinajstić information content (AvgIpc) is 2.47. The van der Waals surface area contributed by atoms with Crippen LogP contribution in [0.4, 0.5) is 4.39 Å². The Kier molecular flexibility index (Phi) is 4.64. The third kappa shape index (κ3) is 3.87. The van der Waals surface area contributed by atoms with Crippen molar-refractivity contribution in [2.75, 3.05) is 13.2 Å². The molecule has 1 heterocycles. The number of nitriles is 1. The topological polar surface area (TPSA) is 93.9 Å². The van der Waals surface area contributed by atoms with Crippen molar-refractivity contribution in [1.82, 2.24) is 9.78 Å². The summed E-state index contributed by atoms with van der Waals surface area (Å²) in [6, 6.07) is 7.04. The molecule has 0 unspecified atom stereocenters. The van der Waals surface area contributed by atoms with Gasteiger partial charge in [0.05, 0.1) is 24.4 Å². The van der Waals surface area contributed by atoms with Crippen LogP contribution in [0.25, 0.3) is 0 Å². The molecule has 0 atom stereocenters. The van der Waals surface area contributed by atoms with Gasteiger partial charge >= 0.3 is 0 Å². The zero-order valence-electron chi connectivity index (χ0n) is 11.1. The molecule has 0 bridgehead atoms. The van der Waals surface area contributed by atoms with Crippen molar-refractivity contribution >= 4 is 0 Å². The molecule has 1 aromatic heterocycles. The van der Waals surface area contributed by atoms with Crippen molar-refractivity contribution in [3.05, 3.63) is 57.8 Å². The fourth-order valence-electron chi connectivity index (χ4n) is 1.77. The van der Waals surface area contributed by atoms with Crippen LogP contribution in [0.1, 0.15) is 11.1 Å². The third-order valence-electron chi connectivity index (χ3n) is 2.65. The summed E-state index contributed by atoms with van der Waals surface area (Å²) in [6.07, 6.45) is 1.39. The predicted octanol–water partition coefficient (Wildman–Crippen LogP) is 0.640. The van der Waals surface area contributed by atoms with Crippen LogP contribution >= 0.6 is 0 Å². The molecule has 0 aliphatic carbocycles. The van der Waals surface area contributed by atoms with E-state index in [0.29, 0.717) is 24.5 Å². The summed E-state index contributed by atoms with van der Waals surface area (Å²) in [5.41, 5.74) is 5.59. The number of nitrogens with two attached hydrogens (primary N) is 1. The molecule has 0 radical (unpaired) electrons. The number of aromatic nitrogens is 2. The van der Waals surface area contributed by atoms with Crippen molar-refractivity contribution in [3.8, 4) is 11.8 Å². The molecule has 0 saturated heterocycles. The molecule has 0 aliphatic heterocycles. The maximum absolute atomic E-state index is 13.3.